The van der Waals surface area contributed by atoms with Gasteiger partial charge in [0.25, 0.3) is 5.91 Å². The summed E-state index contributed by atoms with van der Waals surface area (Å²) >= 11 is 0. The van der Waals surface area contributed by atoms with Crippen molar-refractivity contribution in [1.82, 2.24) is 15.2 Å². The number of H-pyrrole nitrogens is 1. The number of ether oxygens (including phenoxy) is 3. The number of benzene rings is 1. The second kappa shape index (κ2) is 11.6. The van der Waals surface area contributed by atoms with Gasteiger partial charge >= 0.3 is 5.97 Å². The lowest BCUT2D eigenvalue weighted by Gasteiger charge is -2.35. The molecule has 1 fully saturated rings. The van der Waals surface area contributed by atoms with E-state index < -0.39 is 11.7 Å². The number of nitrogens with one attached hydrogen (secondary N) is 2. The molecule has 202 valence electrons. The van der Waals surface area contributed by atoms with Crippen LogP contribution in [0.3, 0.4) is 0 Å². The molecule has 0 bridgehead atoms. The molecule has 4 rings (SSSR count). The van der Waals surface area contributed by atoms with Crippen LogP contribution in [0.25, 0.3) is 11.4 Å². The monoisotopic (exact) mass is 521 g/mol. The maximum Gasteiger partial charge on any atom is 0.335 e. The molecule has 0 radical (unpaired) electrons. The van der Waals surface area contributed by atoms with Crippen LogP contribution in [-0.4, -0.2) is 65.1 Å². The van der Waals surface area contributed by atoms with Crippen LogP contribution in [0.1, 0.15) is 51.0 Å². The van der Waals surface area contributed by atoms with E-state index in [0.29, 0.717) is 22.8 Å². The predicted molar refractivity (Wildman–Crippen MR) is 144 cm³/mol. The van der Waals surface area contributed by atoms with Crippen molar-refractivity contribution in [3.63, 3.8) is 0 Å². The van der Waals surface area contributed by atoms with Gasteiger partial charge in [-0.3, -0.25) is 9.89 Å². The Bertz CT molecular complexity index is 1250. The van der Waals surface area contributed by atoms with Gasteiger partial charge in [0, 0.05) is 31.0 Å². The molecular formula is C28H35N5O5. The highest BCUT2D eigenvalue weighted by Gasteiger charge is 2.27. The van der Waals surface area contributed by atoms with E-state index in [4.69, 9.17) is 14.2 Å². The van der Waals surface area contributed by atoms with E-state index in [9.17, 15) is 9.59 Å². The first-order valence-electron chi connectivity index (χ1n) is 12.7. The third-order valence-electron chi connectivity index (χ3n) is 6.12. The second-order valence-corrected chi connectivity index (χ2v) is 10.2. The van der Waals surface area contributed by atoms with E-state index in [-0.39, 0.29) is 23.7 Å². The van der Waals surface area contributed by atoms with Gasteiger partial charge in [0.05, 0.1) is 24.6 Å². The molecule has 1 aliphatic rings. The van der Waals surface area contributed by atoms with Crippen LogP contribution >= 0.6 is 0 Å². The topological polar surface area (TPSA) is 119 Å². The standard InChI is InChI=1S/C28H35N5O5/c1-18(27(35)38-28(2,3)4)37-20-12-15-33(16-13-20)19-9-10-23(25(17-19)36-5)31-26(34)24-8-6-7-21(30-24)22-11-14-29-32-22/h6-11,14,17-18,20H,12-13,15-16H2,1-5H3,(H,29,32)(H,31,34)/t18-/m0/s1. The van der Waals surface area contributed by atoms with Crippen LogP contribution in [0.4, 0.5) is 11.4 Å². The van der Waals surface area contributed by atoms with Crippen molar-refractivity contribution >= 4 is 23.3 Å². The van der Waals surface area contributed by atoms with Crippen molar-refractivity contribution < 1.29 is 23.8 Å². The minimum absolute atomic E-state index is 0.0149. The molecule has 0 saturated carbocycles. The molecule has 1 atom stereocenters. The molecule has 2 aromatic heterocycles. The van der Waals surface area contributed by atoms with Gasteiger partial charge in [-0.25, -0.2) is 9.78 Å². The summed E-state index contributed by atoms with van der Waals surface area (Å²) in [5.41, 5.74) is 2.54. The number of methoxy groups -OCH3 is 1. The fourth-order valence-corrected chi connectivity index (χ4v) is 4.25. The van der Waals surface area contributed by atoms with E-state index in [2.05, 4.69) is 25.4 Å². The van der Waals surface area contributed by atoms with Crippen LogP contribution in [0, 0.1) is 0 Å². The summed E-state index contributed by atoms with van der Waals surface area (Å²) in [6.07, 6.45) is 2.65. The van der Waals surface area contributed by atoms with E-state index in [1.165, 1.54) is 0 Å². The normalized spacial score (nSPS) is 15.1. The van der Waals surface area contributed by atoms with Crippen LogP contribution in [0.15, 0.2) is 48.7 Å². The summed E-state index contributed by atoms with van der Waals surface area (Å²) in [6.45, 7) is 8.81. The van der Waals surface area contributed by atoms with E-state index in [0.717, 1.165) is 31.6 Å². The first kappa shape index (κ1) is 27.1. The van der Waals surface area contributed by atoms with Gasteiger partial charge < -0.3 is 24.4 Å². The summed E-state index contributed by atoms with van der Waals surface area (Å²) in [4.78, 5) is 31.8. The second-order valence-electron chi connectivity index (χ2n) is 10.2. The van der Waals surface area contributed by atoms with Gasteiger partial charge in [-0.05, 0) is 70.9 Å². The summed E-state index contributed by atoms with van der Waals surface area (Å²) < 4.78 is 17.0. The molecule has 1 amide bonds. The van der Waals surface area contributed by atoms with Crippen molar-refractivity contribution in [1.29, 1.82) is 0 Å². The maximum atomic E-state index is 12.9. The van der Waals surface area contributed by atoms with Crippen LogP contribution in [-0.2, 0) is 14.3 Å². The summed E-state index contributed by atoms with van der Waals surface area (Å²) in [5.74, 6) is -0.132. The zero-order valence-corrected chi connectivity index (χ0v) is 22.5. The molecule has 1 aromatic carbocycles. The number of hydrogen-bond acceptors (Lipinski definition) is 8. The summed E-state index contributed by atoms with van der Waals surface area (Å²) in [7, 11) is 1.57. The first-order chi connectivity index (χ1) is 18.1. The molecule has 0 aliphatic carbocycles. The Hall–Kier alpha value is -3.92. The van der Waals surface area contributed by atoms with Crippen LogP contribution < -0.4 is 15.0 Å². The van der Waals surface area contributed by atoms with E-state index >= 15 is 0 Å². The number of aromatic amines is 1. The largest absolute Gasteiger partial charge is 0.494 e. The summed E-state index contributed by atoms with van der Waals surface area (Å²) in [5, 5.41) is 9.77. The molecule has 10 nitrogen and oxygen atoms in total. The molecule has 1 aliphatic heterocycles. The quantitative estimate of drug-likeness (QED) is 0.418. The third-order valence-corrected chi connectivity index (χ3v) is 6.12. The lowest BCUT2D eigenvalue weighted by molar-refractivity contribution is -0.171. The molecule has 3 aromatic rings. The maximum absolute atomic E-state index is 12.9. The van der Waals surface area contributed by atoms with Crippen molar-refractivity contribution in [3.05, 3.63) is 54.4 Å². The third kappa shape index (κ3) is 6.89. The van der Waals surface area contributed by atoms with Crippen LogP contribution in [0.2, 0.25) is 0 Å². The van der Waals surface area contributed by atoms with Gasteiger partial charge in [0.1, 0.15) is 22.7 Å². The van der Waals surface area contributed by atoms with Gasteiger partial charge in [-0.1, -0.05) is 6.07 Å². The van der Waals surface area contributed by atoms with Gasteiger partial charge in [0.2, 0.25) is 0 Å². The fourth-order valence-electron chi connectivity index (χ4n) is 4.25. The molecule has 1 saturated heterocycles. The van der Waals surface area contributed by atoms with E-state index in [1.807, 2.05) is 39.0 Å². The Morgan fingerprint density at radius 1 is 1.11 bits per heavy atom. The number of carbonyl (C=O) groups is 2. The van der Waals surface area contributed by atoms with Crippen molar-refractivity contribution in [2.75, 3.05) is 30.4 Å². The highest BCUT2D eigenvalue weighted by molar-refractivity contribution is 6.04. The number of hydrogen-bond donors (Lipinski definition) is 2. The number of nitrogens with zero attached hydrogens (tertiary/aromatic N) is 3. The van der Waals surface area contributed by atoms with Crippen LogP contribution in [0.5, 0.6) is 5.75 Å². The Labute approximate surface area is 222 Å². The average molecular weight is 522 g/mol. The smallest absolute Gasteiger partial charge is 0.335 e. The molecule has 2 N–H and O–H groups in total. The van der Waals surface area contributed by atoms with Gasteiger partial charge in [-0.15, -0.1) is 0 Å². The Kier molecular flexibility index (Phi) is 8.31. The molecule has 3 heterocycles. The first-order valence-corrected chi connectivity index (χ1v) is 12.7. The summed E-state index contributed by atoms with van der Waals surface area (Å²) in [6, 6.07) is 12.7. The minimum Gasteiger partial charge on any atom is -0.494 e. The van der Waals surface area contributed by atoms with E-state index in [1.54, 1.807) is 44.5 Å². The SMILES string of the molecule is COc1cc(N2CCC(O[C@@H](C)C(=O)OC(C)(C)C)CC2)ccc1NC(=O)c1cccc(-c2cc[nH]n2)n1. The predicted octanol–water partition coefficient (Wildman–Crippen LogP) is 4.45. The number of amides is 1. The number of piperidine rings is 1. The molecule has 10 heteroatoms. The highest BCUT2D eigenvalue weighted by Crippen LogP contribution is 2.32. The molecule has 38 heavy (non-hydrogen) atoms. The highest BCUT2D eigenvalue weighted by atomic mass is 16.6. The number of carbonyl (C=O) groups excluding carboxylic acids is 2. The van der Waals surface area contributed by atoms with Crippen molar-refractivity contribution in [2.24, 2.45) is 0 Å². The van der Waals surface area contributed by atoms with Gasteiger partial charge in [0.15, 0.2) is 6.10 Å². The number of aromatic nitrogens is 3. The van der Waals surface area contributed by atoms with Gasteiger partial charge in [-0.2, -0.15) is 5.10 Å². The number of pyridine rings is 1. The minimum atomic E-state index is -0.608. The Morgan fingerprint density at radius 3 is 2.53 bits per heavy atom. The lowest BCUT2D eigenvalue weighted by atomic mass is 10.1. The Balaban J connectivity index is 1.35. The lowest BCUT2D eigenvalue weighted by Crippen LogP contribution is -2.40. The van der Waals surface area contributed by atoms with Crippen molar-refractivity contribution in [3.8, 4) is 17.1 Å². The Morgan fingerprint density at radius 2 is 1.87 bits per heavy atom. The van der Waals surface area contributed by atoms with Crippen molar-refractivity contribution in [2.45, 2.75) is 58.3 Å². The molecular weight excluding hydrogens is 486 g/mol. The molecule has 0 spiro atoms. The average Bonchev–Trinajstić information content (AvgIpc) is 3.44. The zero-order chi connectivity index (χ0) is 27.3. The number of esters is 1. The number of rotatable bonds is 8. The zero-order valence-electron chi connectivity index (χ0n) is 22.5. The fraction of sp³-hybridized carbons (Fsp3) is 0.429. The number of anilines is 2. The molecule has 0 unspecified atom stereocenters.